The van der Waals surface area contributed by atoms with Gasteiger partial charge in [0.25, 0.3) is 0 Å². The molecule has 0 aliphatic carbocycles. The van der Waals surface area contributed by atoms with Gasteiger partial charge in [0, 0.05) is 9.13 Å². The molecule has 0 aromatic heterocycles. The van der Waals surface area contributed by atoms with Gasteiger partial charge in [-0.1, -0.05) is 6.07 Å². The van der Waals surface area contributed by atoms with E-state index in [4.69, 9.17) is 16.9 Å². The Morgan fingerprint density at radius 1 is 1.50 bits per heavy atom. The molecule has 0 saturated heterocycles. The van der Waals surface area contributed by atoms with Crippen LogP contribution in [0.3, 0.4) is 0 Å². The molecule has 0 fully saturated rings. The van der Waals surface area contributed by atoms with Gasteiger partial charge in [-0.15, -0.1) is 0 Å². The van der Waals surface area contributed by atoms with Gasteiger partial charge in [0.05, 0.1) is 5.69 Å². The van der Waals surface area contributed by atoms with Crippen LogP contribution in [0.5, 0.6) is 0 Å². The van der Waals surface area contributed by atoms with E-state index in [0.717, 1.165) is 9.13 Å². The zero-order valence-corrected chi connectivity index (χ0v) is 8.84. The maximum Gasteiger partial charge on any atom is 0.124 e. The number of hydrogen-bond donors (Lipinski definition) is 3. The summed E-state index contributed by atoms with van der Waals surface area (Å²) >= 11 is 2.15. The summed E-state index contributed by atoms with van der Waals surface area (Å²) in [6.07, 6.45) is 0. The average Bonchev–Trinajstić information content (AvgIpc) is 2.00. The quantitative estimate of drug-likeness (QED) is 0.314. The molecular weight excluding hydrogens is 265 g/mol. The van der Waals surface area contributed by atoms with Crippen LogP contribution in [0.2, 0.25) is 0 Å². The summed E-state index contributed by atoms with van der Waals surface area (Å²) in [7, 11) is 0. The highest BCUT2D eigenvalue weighted by Crippen LogP contribution is 2.22. The van der Waals surface area contributed by atoms with Crippen molar-refractivity contribution in [3.8, 4) is 0 Å². The number of nitrogen functional groups attached to an aromatic ring is 2. The van der Waals surface area contributed by atoms with Gasteiger partial charge in [-0.2, -0.15) is 0 Å². The van der Waals surface area contributed by atoms with E-state index < -0.39 is 0 Å². The number of nitrogens with one attached hydrogen (secondary N) is 1. The molecule has 0 heterocycles. The third kappa shape index (κ3) is 1.52. The fraction of sp³-hybridized carbons (Fsp3) is 0.125. The molecule has 64 valence electrons. The first kappa shape index (κ1) is 9.31. The van der Waals surface area contributed by atoms with Gasteiger partial charge in [0.2, 0.25) is 0 Å². The van der Waals surface area contributed by atoms with E-state index in [0.29, 0.717) is 11.3 Å². The molecule has 4 heteroatoms. The summed E-state index contributed by atoms with van der Waals surface area (Å²) in [5.74, 6) is 0.0189. The predicted octanol–water partition coefficient (Wildman–Crippen LogP) is 1.47. The van der Waals surface area contributed by atoms with Crippen LogP contribution < -0.4 is 11.5 Å². The van der Waals surface area contributed by atoms with E-state index in [1.165, 1.54) is 0 Å². The zero-order valence-electron chi connectivity index (χ0n) is 6.69. The second kappa shape index (κ2) is 3.30. The maximum atomic E-state index is 7.24. The molecule has 0 amide bonds. The number of anilines is 1. The molecule has 1 aromatic carbocycles. The van der Waals surface area contributed by atoms with Crippen molar-refractivity contribution >= 4 is 34.1 Å². The SMILES string of the molecule is Cc1ccc(C(=N)N)c(N)c1I. The van der Waals surface area contributed by atoms with Crippen molar-refractivity contribution in [2.75, 3.05) is 5.73 Å². The van der Waals surface area contributed by atoms with Crippen molar-refractivity contribution in [2.45, 2.75) is 6.92 Å². The smallest absolute Gasteiger partial charge is 0.124 e. The number of amidine groups is 1. The molecule has 0 saturated carbocycles. The Hall–Kier alpha value is -0.780. The van der Waals surface area contributed by atoms with Crippen LogP contribution in [0.25, 0.3) is 0 Å². The molecule has 0 spiro atoms. The molecule has 0 radical (unpaired) electrons. The van der Waals surface area contributed by atoms with Crippen molar-refractivity contribution in [1.82, 2.24) is 0 Å². The van der Waals surface area contributed by atoms with Gasteiger partial charge < -0.3 is 11.5 Å². The highest BCUT2D eigenvalue weighted by atomic mass is 127. The Morgan fingerprint density at radius 3 is 2.58 bits per heavy atom. The van der Waals surface area contributed by atoms with Crippen LogP contribution >= 0.6 is 22.6 Å². The summed E-state index contributed by atoms with van der Waals surface area (Å²) in [6.45, 7) is 1.97. The van der Waals surface area contributed by atoms with Crippen LogP contribution in [0.4, 0.5) is 5.69 Å². The topological polar surface area (TPSA) is 75.9 Å². The molecule has 0 bridgehead atoms. The molecule has 0 aliphatic heterocycles. The van der Waals surface area contributed by atoms with Crippen LogP contribution in [0.1, 0.15) is 11.1 Å². The second-order valence-corrected chi connectivity index (χ2v) is 3.65. The van der Waals surface area contributed by atoms with Crippen molar-refractivity contribution < 1.29 is 0 Å². The molecule has 5 N–H and O–H groups in total. The molecule has 0 atom stereocenters. The lowest BCUT2D eigenvalue weighted by molar-refractivity contribution is 1.38. The van der Waals surface area contributed by atoms with Crippen molar-refractivity contribution in [2.24, 2.45) is 5.73 Å². The van der Waals surface area contributed by atoms with Gasteiger partial charge in [0.15, 0.2) is 0 Å². The van der Waals surface area contributed by atoms with E-state index in [9.17, 15) is 0 Å². The Morgan fingerprint density at radius 2 is 2.08 bits per heavy atom. The fourth-order valence-electron chi connectivity index (χ4n) is 0.937. The third-order valence-corrected chi connectivity index (χ3v) is 3.09. The number of hydrogen-bond acceptors (Lipinski definition) is 2. The van der Waals surface area contributed by atoms with E-state index >= 15 is 0 Å². The molecule has 1 aromatic rings. The predicted molar refractivity (Wildman–Crippen MR) is 59.3 cm³/mol. The third-order valence-electron chi connectivity index (χ3n) is 1.66. The van der Waals surface area contributed by atoms with Crippen molar-refractivity contribution in [1.29, 1.82) is 5.41 Å². The average molecular weight is 275 g/mol. The summed E-state index contributed by atoms with van der Waals surface area (Å²) in [5, 5.41) is 7.24. The van der Waals surface area contributed by atoms with E-state index in [1.807, 2.05) is 13.0 Å². The Labute approximate surface area is 84.8 Å². The van der Waals surface area contributed by atoms with E-state index in [-0.39, 0.29) is 5.84 Å². The highest BCUT2D eigenvalue weighted by Gasteiger charge is 2.06. The Kier molecular flexibility index (Phi) is 2.56. The normalized spacial score (nSPS) is 9.83. The lowest BCUT2D eigenvalue weighted by Gasteiger charge is -2.07. The number of nitrogens with two attached hydrogens (primary N) is 2. The summed E-state index contributed by atoms with van der Waals surface area (Å²) in [5.41, 5.74) is 13.4. The summed E-state index contributed by atoms with van der Waals surface area (Å²) in [4.78, 5) is 0. The van der Waals surface area contributed by atoms with Crippen molar-refractivity contribution in [3.05, 3.63) is 26.8 Å². The molecule has 3 nitrogen and oxygen atoms in total. The summed E-state index contributed by atoms with van der Waals surface area (Å²) < 4.78 is 0.973. The van der Waals surface area contributed by atoms with Gasteiger partial charge in [0.1, 0.15) is 5.84 Å². The minimum atomic E-state index is 0.0189. The lowest BCUT2D eigenvalue weighted by Crippen LogP contribution is -2.14. The Balaban J connectivity index is 3.36. The summed E-state index contributed by atoms with van der Waals surface area (Å²) in [6, 6.07) is 3.68. The minimum Gasteiger partial charge on any atom is -0.397 e. The van der Waals surface area contributed by atoms with Crippen LogP contribution in [0, 0.1) is 15.9 Å². The lowest BCUT2D eigenvalue weighted by atomic mass is 10.1. The van der Waals surface area contributed by atoms with Crippen LogP contribution in [-0.4, -0.2) is 5.84 Å². The van der Waals surface area contributed by atoms with Crippen LogP contribution in [-0.2, 0) is 0 Å². The minimum absolute atomic E-state index is 0.0189. The Bertz CT molecular complexity index is 333. The van der Waals surface area contributed by atoms with E-state index in [2.05, 4.69) is 22.6 Å². The monoisotopic (exact) mass is 275 g/mol. The molecule has 0 unspecified atom stereocenters. The van der Waals surface area contributed by atoms with Gasteiger partial charge in [-0.3, -0.25) is 5.41 Å². The second-order valence-electron chi connectivity index (χ2n) is 2.57. The number of halogens is 1. The molecule has 0 aliphatic rings. The fourth-order valence-corrected chi connectivity index (χ4v) is 1.41. The van der Waals surface area contributed by atoms with Gasteiger partial charge in [-0.25, -0.2) is 0 Å². The van der Waals surface area contributed by atoms with E-state index in [1.54, 1.807) is 6.07 Å². The zero-order chi connectivity index (χ0) is 9.30. The van der Waals surface area contributed by atoms with Gasteiger partial charge >= 0.3 is 0 Å². The molecule has 1 rings (SSSR count). The highest BCUT2D eigenvalue weighted by molar-refractivity contribution is 14.1. The van der Waals surface area contributed by atoms with Gasteiger partial charge in [-0.05, 0) is 41.1 Å². The first-order chi connectivity index (χ1) is 5.54. The van der Waals surface area contributed by atoms with Crippen LogP contribution in [0.15, 0.2) is 12.1 Å². The number of benzene rings is 1. The first-order valence-corrected chi connectivity index (χ1v) is 4.51. The van der Waals surface area contributed by atoms with Crippen molar-refractivity contribution in [3.63, 3.8) is 0 Å². The molecular formula is C8H10IN3. The number of aryl methyl sites for hydroxylation is 1. The largest absolute Gasteiger partial charge is 0.397 e. The standard InChI is InChI=1S/C8H10IN3/c1-4-2-3-5(8(11)12)7(10)6(4)9/h2-3H,10H2,1H3,(H3,11,12). The maximum absolute atomic E-state index is 7.24. The number of rotatable bonds is 1. The first-order valence-electron chi connectivity index (χ1n) is 3.43. The molecule has 12 heavy (non-hydrogen) atoms.